The second kappa shape index (κ2) is 10.7. The summed E-state index contributed by atoms with van der Waals surface area (Å²) in [4.78, 5) is 16.9. The number of ether oxygens (including phenoxy) is 1. The lowest BCUT2D eigenvalue weighted by atomic mass is 9.69. The van der Waals surface area contributed by atoms with Crippen molar-refractivity contribution < 1.29 is 19.2 Å². The van der Waals surface area contributed by atoms with E-state index in [1.54, 1.807) is 6.07 Å². The van der Waals surface area contributed by atoms with Crippen LogP contribution in [-0.4, -0.2) is 49.7 Å². The van der Waals surface area contributed by atoms with E-state index in [4.69, 9.17) is 16.3 Å². The lowest BCUT2D eigenvalue weighted by molar-refractivity contribution is -0.640. The highest BCUT2D eigenvalue weighted by atomic mass is 35.5. The molecule has 6 heteroatoms. The van der Waals surface area contributed by atoms with Gasteiger partial charge in [-0.15, -0.1) is 0 Å². The first kappa shape index (κ1) is 25.3. The van der Waals surface area contributed by atoms with Crippen molar-refractivity contribution in [1.29, 1.82) is 0 Å². The van der Waals surface area contributed by atoms with Gasteiger partial charge in [-0.25, -0.2) is 4.39 Å². The summed E-state index contributed by atoms with van der Waals surface area (Å²) in [5.41, 5.74) is 2.75. The molecule has 1 unspecified atom stereocenters. The minimum atomic E-state index is -0.513. The number of nitrogens with two attached hydrogens (primary N) is 1. The molecule has 1 amide bonds. The molecular weight excluding hydrogens is 487 g/mol. The number of likely N-dealkylation sites (tertiary alicyclic amines) is 1. The fourth-order valence-corrected chi connectivity index (χ4v) is 8.42. The van der Waals surface area contributed by atoms with Crippen LogP contribution in [0.4, 0.5) is 4.39 Å². The van der Waals surface area contributed by atoms with Gasteiger partial charge in [0.1, 0.15) is 11.7 Å². The Labute approximate surface area is 224 Å². The molecule has 37 heavy (non-hydrogen) atoms. The topological polar surface area (TPSA) is 46.1 Å². The van der Waals surface area contributed by atoms with E-state index in [9.17, 15) is 9.18 Å². The first-order valence-electron chi connectivity index (χ1n) is 14.3. The highest BCUT2D eigenvalue weighted by molar-refractivity contribution is 6.31. The van der Waals surface area contributed by atoms with E-state index in [0.29, 0.717) is 36.5 Å². The van der Waals surface area contributed by atoms with Gasteiger partial charge in [-0.3, -0.25) is 4.79 Å². The number of fused-ring (bicyclic) bond motifs is 2. The number of nitrogens with zero attached hydrogens (tertiary/aromatic N) is 1. The number of halogens is 2. The predicted molar refractivity (Wildman–Crippen MR) is 143 cm³/mol. The summed E-state index contributed by atoms with van der Waals surface area (Å²) in [5.74, 6) is 0.798. The van der Waals surface area contributed by atoms with Crippen LogP contribution >= 0.6 is 11.6 Å². The predicted octanol–water partition coefficient (Wildman–Crippen LogP) is 4.84. The maximum Gasteiger partial charge on any atom is 0.232 e. The van der Waals surface area contributed by atoms with E-state index >= 15 is 0 Å². The number of carbonyl (C=O) groups excluding carboxylic acids is 1. The van der Waals surface area contributed by atoms with Crippen LogP contribution in [0.2, 0.25) is 5.02 Å². The van der Waals surface area contributed by atoms with Gasteiger partial charge in [-0.2, -0.15) is 0 Å². The largest absolute Gasteiger partial charge is 0.380 e. The fourth-order valence-electron chi connectivity index (χ4n) is 8.00. The lowest BCUT2D eigenvalue weighted by Crippen LogP contribution is -2.82. The molecule has 4 atom stereocenters. The van der Waals surface area contributed by atoms with Gasteiger partial charge in [-0.1, -0.05) is 61.2 Å². The quantitative estimate of drug-likeness (QED) is 0.623. The zero-order valence-electron chi connectivity index (χ0n) is 21.6. The second-order valence-electron chi connectivity index (χ2n) is 11.8. The summed E-state index contributed by atoms with van der Waals surface area (Å²) < 4.78 is 20.5. The highest BCUT2D eigenvalue weighted by Crippen LogP contribution is 2.45. The summed E-state index contributed by atoms with van der Waals surface area (Å²) in [7, 11) is 0. The van der Waals surface area contributed by atoms with Crippen LogP contribution in [0.25, 0.3) is 0 Å². The van der Waals surface area contributed by atoms with E-state index in [0.717, 1.165) is 43.6 Å². The van der Waals surface area contributed by atoms with Crippen molar-refractivity contribution in [3.63, 3.8) is 0 Å². The number of rotatable bonds is 3. The molecule has 1 spiro atoms. The monoisotopic (exact) mass is 525 g/mol. The van der Waals surface area contributed by atoms with Gasteiger partial charge in [0.25, 0.3) is 0 Å². The van der Waals surface area contributed by atoms with Gasteiger partial charge in [0.2, 0.25) is 5.91 Å². The van der Waals surface area contributed by atoms with Crippen molar-refractivity contribution in [3.05, 3.63) is 70.0 Å². The van der Waals surface area contributed by atoms with Crippen molar-refractivity contribution in [3.8, 4) is 0 Å². The van der Waals surface area contributed by atoms with Crippen LogP contribution in [0.3, 0.4) is 0 Å². The van der Waals surface area contributed by atoms with Gasteiger partial charge < -0.3 is 15.0 Å². The SMILES string of the molecule is O=C([C@@H]1C[NH2+]CC12COCCc1cc(F)cc(Cl)c12)N1CC[C@@H](c2ccccc2)C[C@H]1C1CCCCC1. The Hall–Kier alpha value is -1.95. The smallest absolute Gasteiger partial charge is 0.232 e. The number of quaternary nitrogens is 1. The van der Waals surface area contributed by atoms with Crippen LogP contribution in [0, 0.1) is 17.7 Å². The van der Waals surface area contributed by atoms with Crippen molar-refractivity contribution in [1.82, 2.24) is 4.90 Å². The maximum atomic E-state index is 14.6. The van der Waals surface area contributed by atoms with Crippen LogP contribution < -0.4 is 5.32 Å². The van der Waals surface area contributed by atoms with Crippen LogP contribution in [0.15, 0.2) is 42.5 Å². The maximum absolute atomic E-state index is 14.6. The minimum absolute atomic E-state index is 0.216. The zero-order valence-corrected chi connectivity index (χ0v) is 22.4. The molecule has 198 valence electrons. The molecular formula is C31H39ClFN2O2+. The van der Waals surface area contributed by atoms with Crippen molar-refractivity contribution in [2.45, 2.75) is 68.7 Å². The number of hydrogen-bond acceptors (Lipinski definition) is 2. The average Bonchev–Trinajstić information content (AvgIpc) is 3.25. The summed E-state index contributed by atoms with van der Waals surface area (Å²) in [6.45, 7) is 3.27. The van der Waals surface area contributed by atoms with Crippen molar-refractivity contribution in [2.24, 2.45) is 11.8 Å². The molecule has 0 radical (unpaired) electrons. The zero-order chi connectivity index (χ0) is 25.4. The lowest BCUT2D eigenvalue weighted by Gasteiger charge is -2.46. The van der Waals surface area contributed by atoms with Gasteiger partial charge in [0.05, 0.1) is 31.7 Å². The van der Waals surface area contributed by atoms with Crippen molar-refractivity contribution >= 4 is 17.5 Å². The van der Waals surface area contributed by atoms with Gasteiger partial charge >= 0.3 is 0 Å². The highest BCUT2D eigenvalue weighted by Gasteiger charge is 2.56. The Bertz CT molecular complexity index is 1120. The molecule has 2 saturated heterocycles. The standard InChI is InChI=1S/C31H38ClFN2O2/c32-27-17-25(33)15-24-12-14-37-20-31(29(24)27)19-34-18-26(31)30(36)35-13-11-23(21-7-3-1-4-8-21)16-28(35)22-9-5-2-6-10-22/h1,3-4,7-8,15,17,22-23,26,28,34H,2,5-6,9-14,16,18-20H2/p+1/t23-,26+,28+,31?/m1/s1. The van der Waals surface area contributed by atoms with Gasteiger partial charge in [0, 0.05) is 17.6 Å². The van der Waals surface area contributed by atoms with Crippen LogP contribution in [0.1, 0.15) is 67.6 Å². The molecule has 0 aromatic heterocycles. The number of amides is 1. The third-order valence-corrected chi connectivity index (χ3v) is 10.1. The average molecular weight is 526 g/mol. The fraction of sp³-hybridized carbons (Fsp3) is 0.581. The summed E-state index contributed by atoms with van der Waals surface area (Å²) in [5, 5.41) is 2.69. The third-order valence-electron chi connectivity index (χ3n) is 9.78. The number of carbonyl (C=O) groups is 1. The molecule has 2 N–H and O–H groups in total. The Kier molecular flexibility index (Phi) is 7.30. The van der Waals surface area contributed by atoms with E-state index in [2.05, 4.69) is 40.5 Å². The molecule has 2 aromatic carbocycles. The van der Waals surface area contributed by atoms with E-state index < -0.39 is 5.41 Å². The summed E-state index contributed by atoms with van der Waals surface area (Å²) in [6.07, 6.45) is 8.95. The molecule has 4 nitrogen and oxygen atoms in total. The van der Waals surface area contributed by atoms with E-state index in [-0.39, 0.29) is 23.7 Å². The molecule has 2 aromatic rings. The molecule has 0 bridgehead atoms. The Balaban J connectivity index is 1.33. The summed E-state index contributed by atoms with van der Waals surface area (Å²) >= 11 is 6.75. The number of benzene rings is 2. The van der Waals surface area contributed by atoms with Crippen LogP contribution in [-0.2, 0) is 21.4 Å². The normalized spacial score (nSPS) is 30.8. The van der Waals surface area contributed by atoms with Crippen LogP contribution in [0.5, 0.6) is 0 Å². The Morgan fingerprint density at radius 2 is 1.92 bits per heavy atom. The molecule has 3 fully saturated rings. The van der Waals surface area contributed by atoms with E-state index in [1.165, 1.54) is 43.7 Å². The Morgan fingerprint density at radius 1 is 1.11 bits per heavy atom. The molecule has 6 rings (SSSR count). The molecule has 1 saturated carbocycles. The Morgan fingerprint density at radius 3 is 2.73 bits per heavy atom. The third kappa shape index (κ3) is 4.72. The minimum Gasteiger partial charge on any atom is -0.380 e. The molecule has 1 aliphatic carbocycles. The van der Waals surface area contributed by atoms with Gasteiger partial charge in [0.15, 0.2) is 0 Å². The molecule has 3 heterocycles. The number of piperidine rings is 1. The van der Waals surface area contributed by atoms with Gasteiger partial charge in [-0.05, 0) is 72.8 Å². The first-order valence-corrected chi connectivity index (χ1v) is 14.7. The molecule has 3 aliphatic heterocycles. The first-order chi connectivity index (χ1) is 18.1. The number of hydrogen-bond donors (Lipinski definition) is 1. The van der Waals surface area contributed by atoms with Crippen molar-refractivity contribution in [2.75, 3.05) is 32.8 Å². The second-order valence-corrected chi connectivity index (χ2v) is 12.2. The van der Waals surface area contributed by atoms with E-state index in [1.807, 2.05) is 0 Å². The summed E-state index contributed by atoms with van der Waals surface area (Å²) in [6, 6.07) is 14.2. The molecule has 4 aliphatic rings.